The van der Waals surface area contributed by atoms with E-state index in [4.69, 9.17) is 0 Å². The second-order valence-corrected chi connectivity index (χ2v) is 6.89. The average molecular weight is 268 g/mol. The fraction of sp³-hybridized carbons (Fsp3) is 1.00. The summed E-state index contributed by atoms with van der Waals surface area (Å²) in [7, 11) is -3.14. The zero-order valence-electron chi connectivity index (χ0n) is 10.6. The van der Waals surface area contributed by atoms with Gasteiger partial charge in [0.25, 0.3) is 0 Å². The maximum atomic E-state index is 11.7. The van der Waals surface area contributed by atoms with Crippen LogP contribution in [0, 0.1) is 0 Å². The largest absolute Gasteiger partial charge is 0.313 e. The van der Waals surface area contributed by atoms with Crippen LogP contribution in [0.1, 0.15) is 27.2 Å². The quantitative estimate of drug-likeness (QED) is 0.656. The van der Waals surface area contributed by atoms with Gasteiger partial charge >= 0.3 is 0 Å². The van der Waals surface area contributed by atoms with Gasteiger partial charge in [-0.15, -0.1) is 0 Å². The van der Waals surface area contributed by atoms with Crippen molar-refractivity contribution in [1.29, 1.82) is 0 Å². The smallest absolute Gasteiger partial charge is 0.213 e. The van der Waals surface area contributed by atoms with E-state index < -0.39 is 10.0 Å². The molecular weight excluding hydrogens is 244 g/mol. The lowest BCUT2D eigenvalue weighted by molar-refractivity contribution is 0.548. The zero-order chi connectivity index (χ0) is 12.6. The summed E-state index contributed by atoms with van der Waals surface area (Å²) in [6.07, 6.45) is 2.81. The van der Waals surface area contributed by atoms with E-state index in [1.165, 1.54) is 0 Å². The van der Waals surface area contributed by atoms with Gasteiger partial charge in [0.2, 0.25) is 10.0 Å². The SMILES string of the molecule is CCC(CSC)NS(=O)(=O)CCNC(C)C. The van der Waals surface area contributed by atoms with Crippen molar-refractivity contribution in [1.82, 2.24) is 10.0 Å². The van der Waals surface area contributed by atoms with Crippen LogP contribution in [0.25, 0.3) is 0 Å². The summed E-state index contributed by atoms with van der Waals surface area (Å²) in [5.41, 5.74) is 0. The lowest BCUT2D eigenvalue weighted by atomic mass is 10.3. The molecule has 0 radical (unpaired) electrons. The van der Waals surface area contributed by atoms with Crippen molar-refractivity contribution in [3.8, 4) is 0 Å². The molecule has 98 valence electrons. The molecule has 0 aliphatic rings. The van der Waals surface area contributed by atoms with Crippen molar-refractivity contribution in [2.24, 2.45) is 0 Å². The first-order valence-corrected chi connectivity index (χ1v) is 8.68. The molecule has 0 bridgehead atoms. The van der Waals surface area contributed by atoms with Crippen LogP contribution in [0.5, 0.6) is 0 Å². The van der Waals surface area contributed by atoms with Crippen LogP contribution in [-0.2, 0) is 10.0 Å². The van der Waals surface area contributed by atoms with Gasteiger partial charge in [-0.1, -0.05) is 20.8 Å². The topological polar surface area (TPSA) is 58.2 Å². The predicted octanol–water partition coefficient (Wildman–Crippen LogP) is 1.05. The van der Waals surface area contributed by atoms with Crippen LogP contribution in [0.2, 0.25) is 0 Å². The molecule has 0 aliphatic heterocycles. The predicted molar refractivity (Wildman–Crippen MR) is 72.5 cm³/mol. The lowest BCUT2D eigenvalue weighted by Crippen LogP contribution is -2.40. The van der Waals surface area contributed by atoms with Gasteiger partial charge in [-0.25, -0.2) is 13.1 Å². The molecule has 16 heavy (non-hydrogen) atoms. The number of rotatable bonds is 9. The van der Waals surface area contributed by atoms with Crippen molar-refractivity contribution in [3.05, 3.63) is 0 Å². The molecule has 0 fully saturated rings. The van der Waals surface area contributed by atoms with Crippen molar-refractivity contribution in [2.75, 3.05) is 24.3 Å². The minimum atomic E-state index is -3.14. The van der Waals surface area contributed by atoms with Crippen molar-refractivity contribution >= 4 is 21.8 Å². The van der Waals surface area contributed by atoms with Crippen molar-refractivity contribution in [3.63, 3.8) is 0 Å². The van der Waals surface area contributed by atoms with Gasteiger partial charge in [0.1, 0.15) is 0 Å². The van der Waals surface area contributed by atoms with Gasteiger partial charge in [-0.3, -0.25) is 0 Å². The van der Waals surface area contributed by atoms with E-state index in [0.29, 0.717) is 12.6 Å². The molecule has 0 aliphatic carbocycles. The number of hydrogen-bond acceptors (Lipinski definition) is 4. The minimum absolute atomic E-state index is 0.0547. The third-order valence-electron chi connectivity index (χ3n) is 2.13. The van der Waals surface area contributed by atoms with E-state index in [-0.39, 0.29) is 11.8 Å². The Morgan fingerprint density at radius 1 is 1.31 bits per heavy atom. The highest BCUT2D eigenvalue weighted by molar-refractivity contribution is 7.98. The Balaban J connectivity index is 4.02. The zero-order valence-corrected chi connectivity index (χ0v) is 12.2. The van der Waals surface area contributed by atoms with Crippen LogP contribution >= 0.6 is 11.8 Å². The summed E-state index contributed by atoms with van der Waals surface area (Å²) in [5.74, 6) is 0.976. The summed E-state index contributed by atoms with van der Waals surface area (Å²) >= 11 is 1.66. The molecule has 0 amide bonds. The van der Waals surface area contributed by atoms with E-state index in [2.05, 4.69) is 10.0 Å². The highest BCUT2D eigenvalue weighted by Crippen LogP contribution is 2.02. The second-order valence-electron chi connectivity index (χ2n) is 4.11. The summed E-state index contributed by atoms with van der Waals surface area (Å²) in [4.78, 5) is 0. The Morgan fingerprint density at radius 2 is 1.94 bits per heavy atom. The van der Waals surface area contributed by atoms with Gasteiger partial charge < -0.3 is 5.32 Å². The van der Waals surface area contributed by atoms with Crippen LogP contribution in [0.3, 0.4) is 0 Å². The maximum Gasteiger partial charge on any atom is 0.213 e. The van der Waals surface area contributed by atoms with Gasteiger partial charge in [0.15, 0.2) is 0 Å². The summed E-state index contributed by atoms with van der Waals surface area (Å²) in [6, 6.07) is 0.377. The molecule has 0 spiro atoms. The maximum absolute atomic E-state index is 11.7. The Morgan fingerprint density at radius 3 is 2.38 bits per heavy atom. The summed E-state index contributed by atoms with van der Waals surface area (Å²) in [5, 5.41) is 3.10. The van der Waals surface area contributed by atoms with E-state index >= 15 is 0 Å². The molecule has 0 aromatic heterocycles. The van der Waals surface area contributed by atoms with Gasteiger partial charge in [0.05, 0.1) is 5.75 Å². The molecule has 4 nitrogen and oxygen atoms in total. The van der Waals surface area contributed by atoms with Crippen LogP contribution in [0.15, 0.2) is 0 Å². The molecule has 1 unspecified atom stereocenters. The molecule has 0 saturated heterocycles. The molecule has 2 N–H and O–H groups in total. The van der Waals surface area contributed by atoms with Crippen LogP contribution in [-0.4, -0.2) is 44.8 Å². The molecular formula is C10H24N2O2S2. The standard InChI is InChI=1S/C10H24N2O2S2/c1-5-10(8-15-4)12-16(13,14)7-6-11-9(2)3/h9-12H,5-8H2,1-4H3. The first-order valence-electron chi connectivity index (χ1n) is 5.63. The monoisotopic (exact) mass is 268 g/mol. The first-order chi connectivity index (χ1) is 7.41. The number of sulfonamides is 1. The Bertz CT molecular complexity index is 266. The Kier molecular flexibility index (Phi) is 8.45. The van der Waals surface area contributed by atoms with Crippen molar-refractivity contribution < 1.29 is 8.42 Å². The van der Waals surface area contributed by atoms with Crippen LogP contribution < -0.4 is 10.0 Å². The average Bonchev–Trinajstić information content (AvgIpc) is 2.15. The van der Waals surface area contributed by atoms with Gasteiger partial charge in [-0.05, 0) is 12.7 Å². The van der Waals surface area contributed by atoms with E-state index in [0.717, 1.165) is 12.2 Å². The highest BCUT2D eigenvalue weighted by atomic mass is 32.2. The van der Waals surface area contributed by atoms with Crippen molar-refractivity contribution in [2.45, 2.75) is 39.3 Å². The summed E-state index contributed by atoms with van der Waals surface area (Å²) in [6.45, 7) is 6.50. The lowest BCUT2D eigenvalue weighted by Gasteiger charge is -2.16. The second kappa shape index (κ2) is 8.33. The van der Waals surface area contributed by atoms with E-state index in [1.54, 1.807) is 11.8 Å². The number of nitrogens with one attached hydrogen (secondary N) is 2. The fourth-order valence-corrected chi connectivity index (χ4v) is 3.32. The fourth-order valence-electron chi connectivity index (χ4n) is 1.23. The third kappa shape index (κ3) is 8.38. The van der Waals surface area contributed by atoms with E-state index in [9.17, 15) is 8.42 Å². The molecule has 0 saturated carbocycles. The molecule has 0 heterocycles. The van der Waals surface area contributed by atoms with Crippen LogP contribution in [0.4, 0.5) is 0 Å². The molecule has 0 aromatic rings. The Labute approximate surface area is 104 Å². The van der Waals surface area contributed by atoms with Gasteiger partial charge in [0, 0.05) is 24.4 Å². The van der Waals surface area contributed by atoms with E-state index in [1.807, 2.05) is 27.0 Å². The third-order valence-corrected chi connectivity index (χ3v) is 4.30. The first kappa shape index (κ1) is 16.2. The molecule has 6 heteroatoms. The number of hydrogen-bond donors (Lipinski definition) is 2. The normalized spacial score (nSPS) is 14.3. The molecule has 0 rings (SSSR count). The van der Waals surface area contributed by atoms with Gasteiger partial charge in [-0.2, -0.15) is 11.8 Å². The molecule has 1 atom stereocenters. The summed E-state index contributed by atoms with van der Waals surface area (Å²) < 4.78 is 26.1. The minimum Gasteiger partial charge on any atom is -0.313 e. The molecule has 0 aromatic carbocycles. The number of thioether (sulfide) groups is 1. The Hall–Kier alpha value is 0.220. The highest BCUT2D eigenvalue weighted by Gasteiger charge is 2.15.